The highest BCUT2D eigenvalue weighted by Gasteiger charge is 2.25. The minimum Gasteiger partial charge on any atom is -0.356 e. The molecule has 126 valence electrons. The Morgan fingerprint density at radius 3 is 2.45 bits per heavy atom. The zero-order valence-corrected chi connectivity index (χ0v) is 14.1. The molecule has 0 aromatic carbocycles. The molecule has 2 aliphatic rings. The monoisotopic (exact) mass is 309 g/mol. The Morgan fingerprint density at radius 2 is 1.82 bits per heavy atom. The molecule has 1 N–H and O–H groups in total. The number of piperidine rings is 2. The van der Waals surface area contributed by atoms with Crippen molar-refractivity contribution >= 4 is 11.8 Å². The Kier molecular flexibility index (Phi) is 6.68. The average molecular weight is 309 g/mol. The summed E-state index contributed by atoms with van der Waals surface area (Å²) in [5.74, 6) is 0.383. The molecule has 1 atom stereocenters. The quantitative estimate of drug-likeness (QED) is 0.785. The van der Waals surface area contributed by atoms with E-state index in [2.05, 4.69) is 17.1 Å². The van der Waals surface area contributed by atoms with Crippen molar-refractivity contribution in [1.82, 2.24) is 15.1 Å². The summed E-state index contributed by atoms with van der Waals surface area (Å²) in [4.78, 5) is 27.8. The number of nitrogens with zero attached hydrogens (tertiary/aromatic N) is 2. The molecule has 2 saturated heterocycles. The molecular weight excluding hydrogens is 278 g/mol. The molecular formula is C17H31N3O2. The van der Waals surface area contributed by atoms with Crippen LogP contribution in [0, 0.1) is 5.92 Å². The number of amides is 2. The zero-order valence-electron chi connectivity index (χ0n) is 14.1. The Hall–Kier alpha value is -1.10. The van der Waals surface area contributed by atoms with Crippen LogP contribution >= 0.6 is 0 Å². The van der Waals surface area contributed by atoms with Crippen LogP contribution in [0.3, 0.4) is 0 Å². The summed E-state index contributed by atoms with van der Waals surface area (Å²) in [7, 11) is 0. The lowest BCUT2D eigenvalue weighted by Gasteiger charge is -2.33. The van der Waals surface area contributed by atoms with Gasteiger partial charge in [-0.1, -0.05) is 6.42 Å². The van der Waals surface area contributed by atoms with Gasteiger partial charge in [0, 0.05) is 45.1 Å². The molecule has 5 nitrogen and oxygen atoms in total. The standard InChI is InChI=1S/C17H31N3O2/c1-14-6-3-4-10-19(14)11-5-9-18-17(22)16-7-12-20(13-8-16)15(2)21/h14,16H,3-13H2,1-2H3,(H,18,22). The van der Waals surface area contributed by atoms with E-state index in [1.807, 2.05) is 4.90 Å². The topological polar surface area (TPSA) is 52.7 Å². The summed E-state index contributed by atoms with van der Waals surface area (Å²) in [6.07, 6.45) is 6.60. The Labute approximate surface area is 134 Å². The normalized spacial score (nSPS) is 24.3. The molecule has 0 bridgehead atoms. The molecule has 0 spiro atoms. The first kappa shape index (κ1) is 17.3. The highest BCUT2D eigenvalue weighted by Crippen LogP contribution is 2.18. The summed E-state index contributed by atoms with van der Waals surface area (Å²) in [6.45, 7) is 8.41. The average Bonchev–Trinajstić information content (AvgIpc) is 2.53. The van der Waals surface area contributed by atoms with E-state index in [0.717, 1.165) is 45.4 Å². The predicted octanol–water partition coefficient (Wildman–Crippen LogP) is 1.63. The summed E-state index contributed by atoms with van der Waals surface area (Å²) < 4.78 is 0. The second-order valence-corrected chi connectivity index (χ2v) is 6.81. The van der Waals surface area contributed by atoms with Crippen molar-refractivity contribution in [2.45, 2.75) is 58.4 Å². The summed E-state index contributed by atoms with van der Waals surface area (Å²) in [5, 5.41) is 3.08. The molecule has 0 aromatic heterocycles. The van der Waals surface area contributed by atoms with E-state index in [9.17, 15) is 9.59 Å². The number of carbonyl (C=O) groups excluding carboxylic acids is 2. The van der Waals surface area contributed by atoms with E-state index in [1.165, 1.54) is 25.8 Å². The maximum absolute atomic E-state index is 12.2. The Bertz CT molecular complexity index is 378. The van der Waals surface area contributed by atoms with Gasteiger partial charge in [-0.3, -0.25) is 9.59 Å². The van der Waals surface area contributed by atoms with Crippen LogP contribution in [0.25, 0.3) is 0 Å². The van der Waals surface area contributed by atoms with Gasteiger partial charge in [-0.05, 0) is 45.6 Å². The largest absolute Gasteiger partial charge is 0.356 e. The van der Waals surface area contributed by atoms with Crippen LogP contribution in [0.1, 0.15) is 52.4 Å². The van der Waals surface area contributed by atoms with Crippen LogP contribution in [0.5, 0.6) is 0 Å². The third-order valence-electron chi connectivity index (χ3n) is 5.17. The predicted molar refractivity (Wildman–Crippen MR) is 87.5 cm³/mol. The summed E-state index contributed by atoms with van der Waals surface area (Å²) in [6, 6.07) is 0.695. The second-order valence-electron chi connectivity index (χ2n) is 6.81. The SMILES string of the molecule is CC(=O)N1CCC(C(=O)NCCCN2CCCCC2C)CC1. The molecule has 2 heterocycles. The van der Waals surface area contributed by atoms with Gasteiger partial charge in [0.1, 0.15) is 0 Å². The van der Waals surface area contributed by atoms with Gasteiger partial charge in [0.25, 0.3) is 0 Å². The van der Waals surface area contributed by atoms with Gasteiger partial charge >= 0.3 is 0 Å². The fraction of sp³-hybridized carbons (Fsp3) is 0.882. The first-order valence-corrected chi connectivity index (χ1v) is 8.85. The second kappa shape index (κ2) is 8.51. The smallest absolute Gasteiger partial charge is 0.223 e. The molecule has 22 heavy (non-hydrogen) atoms. The minimum atomic E-state index is 0.0875. The third-order valence-corrected chi connectivity index (χ3v) is 5.17. The third kappa shape index (κ3) is 4.97. The number of hydrogen-bond acceptors (Lipinski definition) is 3. The van der Waals surface area contributed by atoms with Crippen LogP contribution in [0.4, 0.5) is 0 Å². The van der Waals surface area contributed by atoms with E-state index < -0.39 is 0 Å². The lowest BCUT2D eigenvalue weighted by molar-refractivity contribution is -0.133. The molecule has 2 fully saturated rings. The van der Waals surface area contributed by atoms with Crippen LogP contribution in [0.2, 0.25) is 0 Å². The lowest BCUT2D eigenvalue weighted by atomic mass is 9.96. The van der Waals surface area contributed by atoms with Crippen molar-refractivity contribution in [3.63, 3.8) is 0 Å². The molecule has 2 rings (SSSR count). The molecule has 2 aliphatic heterocycles. The number of rotatable bonds is 5. The van der Waals surface area contributed by atoms with Gasteiger partial charge in [0.2, 0.25) is 11.8 Å². The van der Waals surface area contributed by atoms with Gasteiger partial charge in [0.15, 0.2) is 0 Å². The van der Waals surface area contributed by atoms with Crippen LogP contribution in [0.15, 0.2) is 0 Å². The van der Waals surface area contributed by atoms with E-state index >= 15 is 0 Å². The molecule has 0 radical (unpaired) electrons. The molecule has 0 aromatic rings. The van der Waals surface area contributed by atoms with Crippen molar-refractivity contribution in [3.05, 3.63) is 0 Å². The molecule has 1 unspecified atom stereocenters. The Balaban J connectivity index is 1.59. The van der Waals surface area contributed by atoms with Gasteiger partial charge in [-0.15, -0.1) is 0 Å². The highest BCUT2D eigenvalue weighted by molar-refractivity contribution is 5.79. The summed E-state index contributed by atoms with van der Waals surface area (Å²) in [5.41, 5.74) is 0. The first-order valence-electron chi connectivity index (χ1n) is 8.85. The van der Waals surface area contributed by atoms with E-state index in [1.54, 1.807) is 6.92 Å². The van der Waals surface area contributed by atoms with Crippen molar-refractivity contribution in [2.24, 2.45) is 5.92 Å². The van der Waals surface area contributed by atoms with E-state index in [-0.39, 0.29) is 17.7 Å². The fourth-order valence-electron chi connectivity index (χ4n) is 3.58. The number of likely N-dealkylation sites (tertiary alicyclic amines) is 2. The van der Waals surface area contributed by atoms with Crippen molar-refractivity contribution < 1.29 is 9.59 Å². The van der Waals surface area contributed by atoms with Crippen LogP contribution in [-0.4, -0.2) is 60.4 Å². The van der Waals surface area contributed by atoms with Gasteiger partial charge in [0.05, 0.1) is 0 Å². The highest BCUT2D eigenvalue weighted by atomic mass is 16.2. The molecule has 2 amide bonds. The lowest BCUT2D eigenvalue weighted by Crippen LogP contribution is -2.43. The number of hydrogen-bond donors (Lipinski definition) is 1. The molecule has 0 aliphatic carbocycles. The maximum atomic E-state index is 12.2. The van der Waals surface area contributed by atoms with Gasteiger partial charge < -0.3 is 15.1 Å². The molecule has 5 heteroatoms. The van der Waals surface area contributed by atoms with E-state index in [0.29, 0.717) is 6.04 Å². The van der Waals surface area contributed by atoms with Gasteiger partial charge in [-0.2, -0.15) is 0 Å². The maximum Gasteiger partial charge on any atom is 0.223 e. The van der Waals surface area contributed by atoms with Crippen LogP contribution < -0.4 is 5.32 Å². The van der Waals surface area contributed by atoms with E-state index in [4.69, 9.17) is 0 Å². The minimum absolute atomic E-state index is 0.0875. The van der Waals surface area contributed by atoms with Crippen molar-refractivity contribution in [3.8, 4) is 0 Å². The molecule has 0 saturated carbocycles. The van der Waals surface area contributed by atoms with Crippen molar-refractivity contribution in [1.29, 1.82) is 0 Å². The fourth-order valence-corrected chi connectivity index (χ4v) is 3.58. The Morgan fingerprint density at radius 1 is 1.09 bits per heavy atom. The summed E-state index contributed by atoms with van der Waals surface area (Å²) >= 11 is 0. The first-order chi connectivity index (χ1) is 10.6. The van der Waals surface area contributed by atoms with Gasteiger partial charge in [-0.25, -0.2) is 0 Å². The van der Waals surface area contributed by atoms with Crippen molar-refractivity contribution in [2.75, 3.05) is 32.7 Å². The zero-order chi connectivity index (χ0) is 15.9. The number of nitrogens with one attached hydrogen (secondary N) is 1. The van der Waals surface area contributed by atoms with Crippen LogP contribution in [-0.2, 0) is 9.59 Å². The number of carbonyl (C=O) groups is 2.